The Kier molecular flexibility index (Phi) is 4.62. The number of hydrogen-bond acceptors (Lipinski definition) is 4. The minimum Gasteiger partial charge on any atom is -0.441 e. The van der Waals surface area contributed by atoms with Crippen molar-refractivity contribution in [1.29, 1.82) is 0 Å². The SMILES string of the molecule is CC(C)c1cnc(-c2ccc(NC(=O)c3cc(Cl)ccn3)cc2)o1. The summed E-state index contributed by atoms with van der Waals surface area (Å²) in [4.78, 5) is 20.4. The number of carbonyl (C=O) groups is 1. The predicted molar refractivity (Wildman–Crippen MR) is 93.2 cm³/mol. The van der Waals surface area contributed by atoms with Gasteiger partial charge in [-0.05, 0) is 36.4 Å². The maximum Gasteiger partial charge on any atom is 0.274 e. The zero-order valence-electron chi connectivity index (χ0n) is 13.3. The van der Waals surface area contributed by atoms with Crippen molar-refractivity contribution < 1.29 is 9.21 Å². The normalized spacial score (nSPS) is 10.8. The van der Waals surface area contributed by atoms with E-state index in [9.17, 15) is 4.79 Å². The molecule has 3 rings (SSSR count). The van der Waals surface area contributed by atoms with Gasteiger partial charge in [0, 0.05) is 28.4 Å². The van der Waals surface area contributed by atoms with Crippen molar-refractivity contribution in [1.82, 2.24) is 9.97 Å². The monoisotopic (exact) mass is 341 g/mol. The number of pyridine rings is 1. The Hall–Kier alpha value is -2.66. The van der Waals surface area contributed by atoms with Gasteiger partial charge in [-0.1, -0.05) is 25.4 Å². The number of rotatable bonds is 4. The fourth-order valence-corrected chi connectivity index (χ4v) is 2.27. The number of hydrogen-bond donors (Lipinski definition) is 1. The van der Waals surface area contributed by atoms with Crippen LogP contribution < -0.4 is 5.32 Å². The zero-order chi connectivity index (χ0) is 17.1. The maximum atomic E-state index is 12.1. The molecule has 2 heterocycles. The van der Waals surface area contributed by atoms with Crippen LogP contribution in [0, 0.1) is 0 Å². The number of nitrogens with zero attached hydrogens (tertiary/aromatic N) is 2. The third kappa shape index (κ3) is 3.63. The van der Waals surface area contributed by atoms with Gasteiger partial charge in [-0.2, -0.15) is 0 Å². The molecule has 24 heavy (non-hydrogen) atoms. The first kappa shape index (κ1) is 16.2. The Bertz CT molecular complexity index is 857. The molecule has 3 aromatic rings. The lowest BCUT2D eigenvalue weighted by Crippen LogP contribution is -2.13. The molecule has 0 saturated carbocycles. The van der Waals surface area contributed by atoms with Gasteiger partial charge in [0.15, 0.2) is 0 Å². The van der Waals surface area contributed by atoms with Crippen LogP contribution in [0.25, 0.3) is 11.5 Å². The van der Waals surface area contributed by atoms with E-state index in [0.717, 1.165) is 11.3 Å². The van der Waals surface area contributed by atoms with Crippen LogP contribution in [0.3, 0.4) is 0 Å². The molecule has 2 aromatic heterocycles. The van der Waals surface area contributed by atoms with E-state index in [4.69, 9.17) is 16.0 Å². The van der Waals surface area contributed by atoms with Gasteiger partial charge in [0.05, 0.1) is 6.20 Å². The van der Waals surface area contributed by atoms with Gasteiger partial charge in [-0.15, -0.1) is 0 Å². The van der Waals surface area contributed by atoms with Crippen molar-refractivity contribution in [3.05, 3.63) is 65.3 Å². The fraction of sp³-hybridized carbons (Fsp3) is 0.167. The number of carbonyl (C=O) groups excluding carboxylic acids is 1. The van der Waals surface area contributed by atoms with Crippen molar-refractivity contribution in [2.45, 2.75) is 19.8 Å². The molecule has 0 aliphatic carbocycles. The lowest BCUT2D eigenvalue weighted by atomic mass is 10.2. The molecule has 1 amide bonds. The van der Waals surface area contributed by atoms with Gasteiger partial charge in [0.1, 0.15) is 11.5 Å². The van der Waals surface area contributed by atoms with Crippen LogP contribution in [-0.2, 0) is 0 Å². The summed E-state index contributed by atoms with van der Waals surface area (Å²) in [6.45, 7) is 4.10. The van der Waals surface area contributed by atoms with Crippen molar-refractivity contribution in [2.24, 2.45) is 0 Å². The molecule has 5 nitrogen and oxygen atoms in total. The summed E-state index contributed by atoms with van der Waals surface area (Å²) in [5.41, 5.74) is 1.77. The van der Waals surface area contributed by atoms with Gasteiger partial charge in [0.25, 0.3) is 5.91 Å². The highest BCUT2D eigenvalue weighted by Crippen LogP contribution is 2.24. The molecule has 122 valence electrons. The molecule has 0 bridgehead atoms. The van der Waals surface area contributed by atoms with E-state index in [2.05, 4.69) is 15.3 Å². The van der Waals surface area contributed by atoms with Crippen LogP contribution in [0.2, 0.25) is 5.02 Å². The van der Waals surface area contributed by atoms with Gasteiger partial charge >= 0.3 is 0 Å². The Labute approximate surface area is 144 Å². The lowest BCUT2D eigenvalue weighted by molar-refractivity contribution is 0.102. The highest BCUT2D eigenvalue weighted by molar-refractivity contribution is 6.30. The van der Waals surface area contributed by atoms with Crippen LogP contribution >= 0.6 is 11.6 Å². The molecule has 1 N–H and O–H groups in total. The van der Waals surface area contributed by atoms with E-state index in [1.807, 2.05) is 26.0 Å². The zero-order valence-corrected chi connectivity index (χ0v) is 14.0. The lowest BCUT2D eigenvalue weighted by Gasteiger charge is -2.05. The Balaban J connectivity index is 1.73. The van der Waals surface area contributed by atoms with Crippen LogP contribution in [0.15, 0.2) is 53.2 Å². The van der Waals surface area contributed by atoms with Crippen LogP contribution in [0.5, 0.6) is 0 Å². The smallest absolute Gasteiger partial charge is 0.274 e. The molecule has 1 aromatic carbocycles. The Morgan fingerprint density at radius 1 is 1.17 bits per heavy atom. The third-order valence-electron chi connectivity index (χ3n) is 3.44. The Morgan fingerprint density at radius 2 is 1.92 bits per heavy atom. The predicted octanol–water partition coefficient (Wildman–Crippen LogP) is 4.77. The van der Waals surface area contributed by atoms with Gasteiger partial charge in [-0.25, -0.2) is 4.98 Å². The minimum absolute atomic E-state index is 0.265. The fourth-order valence-electron chi connectivity index (χ4n) is 2.11. The largest absolute Gasteiger partial charge is 0.441 e. The quantitative estimate of drug-likeness (QED) is 0.742. The van der Waals surface area contributed by atoms with Crippen molar-refractivity contribution in [3.8, 4) is 11.5 Å². The highest BCUT2D eigenvalue weighted by Gasteiger charge is 2.11. The standard InChI is InChI=1S/C18H16ClN3O2/c1-11(2)16-10-21-18(24-16)12-3-5-14(6-4-12)22-17(23)15-9-13(19)7-8-20-15/h3-11H,1-2H3,(H,22,23). The average molecular weight is 342 g/mol. The third-order valence-corrected chi connectivity index (χ3v) is 3.67. The summed E-state index contributed by atoms with van der Waals surface area (Å²) < 4.78 is 5.71. The van der Waals surface area contributed by atoms with Gasteiger partial charge in [0.2, 0.25) is 5.89 Å². The molecular weight excluding hydrogens is 326 g/mol. The first-order chi connectivity index (χ1) is 11.5. The van der Waals surface area contributed by atoms with E-state index < -0.39 is 0 Å². The van der Waals surface area contributed by atoms with Crippen molar-refractivity contribution >= 4 is 23.2 Å². The second kappa shape index (κ2) is 6.84. The molecule has 0 aliphatic heterocycles. The molecule has 0 aliphatic rings. The van der Waals surface area contributed by atoms with E-state index in [1.54, 1.807) is 24.4 Å². The number of benzene rings is 1. The summed E-state index contributed by atoms with van der Waals surface area (Å²) in [5, 5.41) is 3.24. The summed E-state index contributed by atoms with van der Waals surface area (Å²) in [6, 6.07) is 10.4. The van der Waals surface area contributed by atoms with E-state index in [1.165, 1.54) is 12.3 Å². The second-order valence-electron chi connectivity index (χ2n) is 5.61. The van der Waals surface area contributed by atoms with Crippen molar-refractivity contribution in [2.75, 3.05) is 5.32 Å². The highest BCUT2D eigenvalue weighted by atomic mass is 35.5. The minimum atomic E-state index is -0.316. The number of nitrogens with one attached hydrogen (secondary N) is 1. The summed E-state index contributed by atoms with van der Waals surface area (Å²) in [7, 11) is 0. The van der Waals surface area contributed by atoms with E-state index in [0.29, 0.717) is 16.6 Å². The molecule has 0 atom stereocenters. The topological polar surface area (TPSA) is 68.0 Å². The van der Waals surface area contributed by atoms with Gasteiger partial charge in [-0.3, -0.25) is 9.78 Å². The van der Waals surface area contributed by atoms with E-state index >= 15 is 0 Å². The molecule has 0 radical (unpaired) electrons. The number of aromatic nitrogens is 2. The molecule has 6 heteroatoms. The first-order valence-electron chi connectivity index (χ1n) is 7.52. The van der Waals surface area contributed by atoms with Crippen LogP contribution in [-0.4, -0.2) is 15.9 Å². The average Bonchev–Trinajstić information content (AvgIpc) is 3.06. The number of halogens is 1. The number of anilines is 1. The van der Waals surface area contributed by atoms with E-state index in [-0.39, 0.29) is 17.5 Å². The van der Waals surface area contributed by atoms with Crippen LogP contribution in [0.4, 0.5) is 5.69 Å². The summed E-state index contributed by atoms with van der Waals surface area (Å²) in [5.74, 6) is 1.38. The molecule has 0 spiro atoms. The van der Waals surface area contributed by atoms with Crippen LogP contribution in [0.1, 0.15) is 36.0 Å². The summed E-state index contributed by atoms with van der Waals surface area (Å²) in [6.07, 6.45) is 3.23. The second-order valence-corrected chi connectivity index (χ2v) is 6.05. The number of oxazole rings is 1. The first-order valence-corrected chi connectivity index (χ1v) is 7.90. The molecular formula is C18H16ClN3O2. The molecule has 0 unspecified atom stereocenters. The molecule has 0 saturated heterocycles. The van der Waals surface area contributed by atoms with Crippen molar-refractivity contribution in [3.63, 3.8) is 0 Å². The summed E-state index contributed by atoms with van der Waals surface area (Å²) >= 11 is 5.87. The number of amides is 1. The van der Waals surface area contributed by atoms with Gasteiger partial charge < -0.3 is 9.73 Å². The maximum absolute atomic E-state index is 12.1. The Morgan fingerprint density at radius 3 is 2.54 bits per heavy atom. The molecule has 0 fully saturated rings.